The fraction of sp³-hybridized carbons (Fsp3) is 0.250. The van der Waals surface area contributed by atoms with Gasteiger partial charge in [-0.2, -0.15) is 0 Å². The Morgan fingerprint density at radius 2 is 1.80 bits per heavy atom. The standard InChI is InChI=1S/C32H29ClFN5O5/c1-38(28(40)12-11-20-6-4-10-26(34)29(20)33)23(7-5-15-39-30(41)24-8-2-3-9-25(24)31(39)42)19-44-32(43)37-27-16-22-17-35-14-13-21(22)18-36-27/h2-4,6,8-10,13-14,16-18,23H,5,7,11-12,15,19H2,1H3,(H,36,37,43)/t23-/m0/s1. The lowest BCUT2D eigenvalue weighted by Gasteiger charge is -2.28. The molecule has 1 aliphatic heterocycles. The highest BCUT2D eigenvalue weighted by atomic mass is 35.5. The zero-order valence-electron chi connectivity index (χ0n) is 23.8. The smallest absolute Gasteiger partial charge is 0.412 e. The maximum absolute atomic E-state index is 13.9. The van der Waals surface area contributed by atoms with Crippen LogP contribution in [0, 0.1) is 5.82 Å². The van der Waals surface area contributed by atoms with Gasteiger partial charge in [0.15, 0.2) is 0 Å². The summed E-state index contributed by atoms with van der Waals surface area (Å²) in [4.78, 5) is 62.4. The van der Waals surface area contributed by atoms with Crippen LogP contribution in [0.15, 0.2) is 73.2 Å². The van der Waals surface area contributed by atoms with E-state index in [1.165, 1.54) is 21.9 Å². The Bertz CT molecular complexity index is 1700. The quantitative estimate of drug-likeness (QED) is 0.220. The molecule has 10 nitrogen and oxygen atoms in total. The number of hydrogen-bond donors (Lipinski definition) is 1. The number of imide groups is 1. The Morgan fingerprint density at radius 3 is 2.55 bits per heavy atom. The molecule has 0 saturated carbocycles. The zero-order valence-corrected chi connectivity index (χ0v) is 24.6. The number of aromatic nitrogens is 2. The first-order valence-corrected chi connectivity index (χ1v) is 14.4. The van der Waals surface area contributed by atoms with E-state index < -0.39 is 18.0 Å². The molecule has 0 radical (unpaired) electrons. The molecule has 0 unspecified atom stereocenters. The van der Waals surface area contributed by atoms with Crippen LogP contribution in [0.5, 0.6) is 0 Å². The molecule has 1 aliphatic rings. The van der Waals surface area contributed by atoms with Crippen molar-refractivity contribution in [1.29, 1.82) is 0 Å². The van der Waals surface area contributed by atoms with Crippen LogP contribution in [0.3, 0.4) is 0 Å². The molecule has 0 saturated heterocycles. The van der Waals surface area contributed by atoms with E-state index in [2.05, 4.69) is 15.3 Å². The van der Waals surface area contributed by atoms with Crippen molar-refractivity contribution in [2.75, 3.05) is 25.5 Å². The second kappa shape index (κ2) is 13.6. The van der Waals surface area contributed by atoms with Gasteiger partial charge in [-0.1, -0.05) is 35.9 Å². The number of nitrogens with one attached hydrogen (secondary N) is 1. The molecule has 226 valence electrons. The van der Waals surface area contributed by atoms with E-state index in [1.54, 1.807) is 68.1 Å². The Morgan fingerprint density at radius 1 is 1.05 bits per heavy atom. The predicted molar refractivity (Wildman–Crippen MR) is 162 cm³/mol. The maximum atomic E-state index is 13.9. The molecule has 4 aromatic rings. The summed E-state index contributed by atoms with van der Waals surface area (Å²) in [5.41, 5.74) is 1.22. The highest BCUT2D eigenvalue weighted by Crippen LogP contribution is 2.24. The molecule has 1 atom stereocenters. The summed E-state index contributed by atoms with van der Waals surface area (Å²) in [7, 11) is 1.58. The first kappa shape index (κ1) is 30.6. The van der Waals surface area contributed by atoms with Crippen molar-refractivity contribution in [3.05, 3.63) is 101 Å². The number of likely N-dealkylation sites (N-methyl/N-ethyl adjacent to an activating group) is 1. The highest BCUT2D eigenvalue weighted by molar-refractivity contribution is 6.31. The van der Waals surface area contributed by atoms with Crippen molar-refractivity contribution < 1.29 is 28.3 Å². The van der Waals surface area contributed by atoms with Gasteiger partial charge >= 0.3 is 6.09 Å². The van der Waals surface area contributed by atoms with Gasteiger partial charge in [-0.05, 0) is 55.2 Å². The van der Waals surface area contributed by atoms with Gasteiger partial charge < -0.3 is 9.64 Å². The number of rotatable bonds is 11. The minimum atomic E-state index is -0.765. The van der Waals surface area contributed by atoms with E-state index in [9.17, 15) is 23.6 Å². The maximum Gasteiger partial charge on any atom is 0.412 e. The first-order chi connectivity index (χ1) is 21.2. The van der Waals surface area contributed by atoms with Crippen molar-refractivity contribution in [3.8, 4) is 0 Å². The molecule has 4 amide bonds. The van der Waals surface area contributed by atoms with Gasteiger partial charge in [0, 0.05) is 49.4 Å². The Hall–Kier alpha value is -4.90. The molecule has 1 N–H and O–H groups in total. The fourth-order valence-electron chi connectivity index (χ4n) is 5.04. The van der Waals surface area contributed by atoms with Crippen LogP contribution < -0.4 is 5.32 Å². The molecule has 0 aliphatic carbocycles. The molecule has 3 heterocycles. The van der Waals surface area contributed by atoms with Crippen LogP contribution in [-0.4, -0.2) is 69.8 Å². The molecule has 44 heavy (non-hydrogen) atoms. The van der Waals surface area contributed by atoms with E-state index in [4.69, 9.17) is 16.3 Å². The molecular formula is C32H29ClFN5O5. The average molecular weight is 618 g/mol. The minimum Gasteiger partial charge on any atom is -0.447 e. The Labute approximate surface area is 257 Å². The van der Waals surface area contributed by atoms with E-state index in [0.717, 1.165) is 10.8 Å². The predicted octanol–water partition coefficient (Wildman–Crippen LogP) is 5.51. The van der Waals surface area contributed by atoms with Gasteiger partial charge in [0.25, 0.3) is 11.8 Å². The average Bonchev–Trinajstić information content (AvgIpc) is 3.27. The van der Waals surface area contributed by atoms with Gasteiger partial charge in [-0.25, -0.2) is 14.2 Å². The van der Waals surface area contributed by atoms with E-state index in [-0.39, 0.29) is 54.6 Å². The number of amides is 4. The minimum absolute atomic E-state index is 0.0291. The van der Waals surface area contributed by atoms with Crippen LogP contribution in [0.25, 0.3) is 10.8 Å². The Balaban J connectivity index is 1.22. The van der Waals surface area contributed by atoms with Crippen molar-refractivity contribution in [3.63, 3.8) is 0 Å². The van der Waals surface area contributed by atoms with Crippen LogP contribution >= 0.6 is 11.6 Å². The number of benzene rings is 2. The topological polar surface area (TPSA) is 122 Å². The highest BCUT2D eigenvalue weighted by Gasteiger charge is 2.35. The van der Waals surface area contributed by atoms with Gasteiger partial charge in [-0.3, -0.25) is 29.6 Å². The molecule has 0 bridgehead atoms. The summed E-state index contributed by atoms with van der Waals surface area (Å²) < 4.78 is 19.4. The second-order valence-corrected chi connectivity index (χ2v) is 10.7. The number of ether oxygens (including phenoxy) is 1. The third-order valence-electron chi connectivity index (χ3n) is 7.54. The Kier molecular flexibility index (Phi) is 9.44. The monoisotopic (exact) mass is 617 g/mol. The summed E-state index contributed by atoms with van der Waals surface area (Å²) in [5.74, 6) is -1.30. The summed E-state index contributed by atoms with van der Waals surface area (Å²) >= 11 is 6.06. The number of anilines is 1. The normalized spacial score (nSPS) is 13.1. The van der Waals surface area contributed by atoms with Crippen molar-refractivity contribution in [2.24, 2.45) is 0 Å². The van der Waals surface area contributed by atoms with Crippen molar-refractivity contribution in [1.82, 2.24) is 19.8 Å². The molecule has 12 heteroatoms. The van der Waals surface area contributed by atoms with Crippen LogP contribution in [0.2, 0.25) is 5.02 Å². The van der Waals surface area contributed by atoms with Crippen LogP contribution in [0.4, 0.5) is 15.0 Å². The van der Waals surface area contributed by atoms with Crippen molar-refractivity contribution in [2.45, 2.75) is 31.7 Å². The molecule has 0 spiro atoms. The van der Waals surface area contributed by atoms with Crippen LogP contribution in [-0.2, 0) is 16.0 Å². The van der Waals surface area contributed by atoms with E-state index in [0.29, 0.717) is 29.5 Å². The molecule has 5 rings (SSSR count). The van der Waals surface area contributed by atoms with Gasteiger partial charge in [0.1, 0.15) is 18.2 Å². The molecule has 0 fully saturated rings. The van der Waals surface area contributed by atoms with Gasteiger partial charge in [-0.15, -0.1) is 0 Å². The molecule has 2 aromatic carbocycles. The first-order valence-electron chi connectivity index (χ1n) is 14.0. The lowest BCUT2D eigenvalue weighted by Crippen LogP contribution is -2.42. The largest absolute Gasteiger partial charge is 0.447 e. The number of carbonyl (C=O) groups is 4. The molecule has 2 aromatic heterocycles. The lowest BCUT2D eigenvalue weighted by molar-refractivity contribution is -0.133. The number of aryl methyl sites for hydroxylation is 1. The SMILES string of the molecule is CN(C(=O)CCc1cccc(F)c1Cl)[C@@H](CCCN1C(=O)c2ccccc2C1=O)COC(=O)Nc1cc2cnccc2cn1. The summed E-state index contributed by atoms with van der Waals surface area (Å²) in [5, 5.41) is 4.20. The van der Waals surface area contributed by atoms with Crippen LogP contribution in [0.1, 0.15) is 45.5 Å². The number of pyridine rings is 2. The molecular weight excluding hydrogens is 589 g/mol. The summed E-state index contributed by atoms with van der Waals surface area (Å²) in [6, 6.07) is 13.9. The number of fused-ring (bicyclic) bond motifs is 2. The van der Waals surface area contributed by atoms with E-state index in [1.807, 2.05) is 0 Å². The third-order valence-corrected chi connectivity index (χ3v) is 7.96. The van der Waals surface area contributed by atoms with E-state index >= 15 is 0 Å². The number of carbonyl (C=O) groups excluding carboxylic acids is 4. The number of nitrogens with zero attached hydrogens (tertiary/aromatic N) is 4. The number of hydrogen-bond acceptors (Lipinski definition) is 7. The van der Waals surface area contributed by atoms with Gasteiger partial charge in [0.2, 0.25) is 5.91 Å². The summed E-state index contributed by atoms with van der Waals surface area (Å²) in [6.07, 6.45) is 5.06. The van der Waals surface area contributed by atoms with Crippen molar-refractivity contribution >= 4 is 52.0 Å². The third kappa shape index (κ3) is 6.84. The fourth-order valence-corrected chi connectivity index (χ4v) is 5.26. The number of halogens is 2. The lowest BCUT2D eigenvalue weighted by atomic mass is 10.1. The second-order valence-electron chi connectivity index (χ2n) is 10.3. The summed E-state index contributed by atoms with van der Waals surface area (Å²) in [6.45, 7) is -0.0307. The zero-order chi connectivity index (χ0) is 31.2. The van der Waals surface area contributed by atoms with Gasteiger partial charge in [0.05, 0.1) is 22.2 Å².